The molecule has 13 heteroatoms. The topological polar surface area (TPSA) is 200 Å². The lowest BCUT2D eigenvalue weighted by Gasteiger charge is -2.47. The molecular weight excluding hydrogens is 576 g/mol. The van der Waals surface area contributed by atoms with Gasteiger partial charge in [-0.1, -0.05) is 11.6 Å². The van der Waals surface area contributed by atoms with Crippen molar-refractivity contribution in [3.63, 3.8) is 0 Å². The van der Waals surface area contributed by atoms with Crippen LogP contribution in [0.5, 0.6) is 17.2 Å². The van der Waals surface area contributed by atoms with Crippen molar-refractivity contribution in [2.24, 2.45) is 5.73 Å². The molecule has 0 radical (unpaired) electrons. The van der Waals surface area contributed by atoms with E-state index in [0.29, 0.717) is 12.0 Å². The summed E-state index contributed by atoms with van der Waals surface area (Å²) in [5, 5.41) is 34.6. The first kappa shape index (κ1) is 32.3. The minimum Gasteiger partial charge on any atom is -0.508 e. The van der Waals surface area contributed by atoms with Crippen molar-refractivity contribution in [1.82, 2.24) is 0 Å². The molecule has 4 atom stereocenters. The number of primary amides is 1. The number of carbonyl (C=O) groups is 2. The van der Waals surface area contributed by atoms with E-state index in [1.165, 1.54) is 37.4 Å². The molecule has 0 saturated carbocycles. The maximum Gasteiger partial charge on any atom is 0.404 e. The van der Waals surface area contributed by atoms with Gasteiger partial charge in [-0.25, -0.2) is 9.59 Å². The van der Waals surface area contributed by atoms with Crippen molar-refractivity contribution in [2.45, 2.75) is 71.2 Å². The average molecular weight is 613 g/mol. The number of nitrogens with two attached hydrogens (primary N) is 1. The maximum atomic E-state index is 13.0. The van der Waals surface area contributed by atoms with Crippen molar-refractivity contribution in [1.29, 1.82) is 0 Å². The van der Waals surface area contributed by atoms with E-state index >= 15 is 0 Å². The smallest absolute Gasteiger partial charge is 0.404 e. The van der Waals surface area contributed by atoms with Gasteiger partial charge in [-0.3, -0.25) is 4.79 Å². The first-order valence-electron chi connectivity index (χ1n) is 13.7. The Kier molecular flexibility index (Phi) is 9.23. The third kappa shape index (κ3) is 6.49. The molecule has 0 spiro atoms. The highest BCUT2D eigenvalue weighted by Crippen LogP contribution is 2.38. The van der Waals surface area contributed by atoms with Gasteiger partial charge in [0, 0.05) is 18.2 Å². The molecule has 0 bridgehead atoms. The van der Waals surface area contributed by atoms with Crippen molar-refractivity contribution in [3.05, 3.63) is 69.1 Å². The zero-order valence-corrected chi connectivity index (χ0v) is 25.2. The number of rotatable bonds is 8. The number of carbonyl (C=O) groups excluding carboxylic acids is 2. The number of aliphatic hydroxyl groups excluding tert-OH is 1. The number of ether oxygens (including phenoxy) is 4. The van der Waals surface area contributed by atoms with Crippen molar-refractivity contribution < 1.29 is 48.3 Å². The van der Waals surface area contributed by atoms with E-state index in [4.69, 9.17) is 29.1 Å². The Labute approximate surface area is 252 Å². The monoisotopic (exact) mass is 612 g/mol. The Hall–Kier alpha value is -4.59. The van der Waals surface area contributed by atoms with Crippen LogP contribution in [0, 0.1) is 6.92 Å². The number of aryl methyl sites for hydroxylation is 1. The fourth-order valence-electron chi connectivity index (χ4n) is 5.06. The molecule has 6 N–H and O–H groups in total. The Morgan fingerprint density at radius 2 is 1.86 bits per heavy atom. The van der Waals surface area contributed by atoms with Crippen LogP contribution < -0.4 is 21.4 Å². The second kappa shape index (κ2) is 12.6. The first-order valence-corrected chi connectivity index (χ1v) is 13.7. The molecule has 1 aliphatic rings. The minimum absolute atomic E-state index is 0.0183. The number of hydrogen-bond acceptors (Lipinski definition) is 11. The molecule has 1 aliphatic heterocycles. The molecule has 0 aliphatic carbocycles. The summed E-state index contributed by atoms with van der Waals surface area (Å²) < 4.78 is 27.9. The van der Waals surface area contributed by atoms with Gasteiger partial charge in [-0.2, -0.15) is 0 Å². The number of fused-ring (bicyclic) bond motifs is 1. The minimum atomic E-state index is -1.52. The lowest BCUT2D eigenvalue weighted by atomic mass is 9.89. The molecule has 44 heavy (non-hydrogen) atoms. The van der Waals surface area contributed by atoms with E-state index in [1.54, 1.807) is 20.8 Å². The van der Waals surface area contributed by atoms with Crippen LogP contribution in [0.25, 0.3) is 11.0 Å². The lowest BCUT2D eigenvalue weighted by Crippen LogP contribution is -2.65. The Morgan fingerprint density at radius 3 is 2.50 bits per heavy atom. The van der Waals surface area contributed by atoms with E-state index in [2.05, 4.69) is 5.32 Å². The zero-order valence-electron chi connectivity index (χ0n) is 25.2. The third-order valence-corrected chi connectivity index (χ3v) is 7.33. The van der Waals surface area contributed by atoms with Crippen molar-refractivity contribution in [2.75, 3.05) is 12.4 Å². The Balaban J connectivity index is 1.63. The molecule has 3 aromatic rings. The Morgan fingerprint density at radius 1 is 1.16 bits per heavy atom. The van der Waals surface area contributed by atoms with Crippen molar-refractivity contribution >= 4 is 28.7 Å². The van der Waals surface area contributed by atoms with Gasteiger partial charge in [0.15, 0.2) is 23.6 Å². The second-order valence-electron chi connectivity index (χ2n) is 11.2. The van der Waals surface area contributed by atoms with Crippen LogP contribution in [0.15, 0.2) is 51.2 Å². The summed E-state index contributed by atoms with van der Waals surface area (Å²) in [5.41, 5.74) is 4.54. The van der Waals surface area contributed by atoms with Crippen LogP contribution in [0.2, 0.25) is 0 Å². The average Bonchev–Trinajstić information content (AvgIpc) is 2.94. The van der Waals surface area contributed by atoms with E-state index in [1.807, 2.05) is 19.9 Å². The number of amides is 2. The predicted molar refractivity (Wildman–Crippen MR) is 159 cm³/mol. The van der Waals surface area contributed by atoms with Gasteiger partial charge in [0.1, 0.15) is 23.2 Å². The Bertz CT molecular complexity index is 1670. The number of benzene rings is 2. The number of nitrogens with one attached hydrogen (secondary N) is 1. The summed E-state index contributed by atoms with van der Waals surface area (Å²) >= 11 is 0. The van der Waals surface area contributed by atoms with Crippen LogP contribution in [-0.2, 0) is 20.6 Å². The number of aliphatic hydroxyl groups is 1. The summed E-state index contributed by atoms with van der Waals surface area (Å²) in [6.45, 7) is 8.69. The summed E-state index contributed by atoms with van der Waals surface area (Å²) in [5.74, 6) is -1.09. The van der Waals surface area contributed by atoms with E-state index in [-0.39, 0.29) is 33.6 Å². The number of phenolic OH excluding ortho intramolecular Hbond substituents is 1. The summed E-state index contributed by atoms with van der Waals surface area (Å²) in [6, 6.07) is 7.12. The first-order chi connectivity index (χ1) is 20.6. The highest BCUT2D eigenvalue weighted by atomic mass is 16.7. The molecule has 13 nitrogen and oxygen atoms in total. The highest BCUT2D eigenvalue weighted by molar-refractivity contribution is 6.06. The van der Waals surface area contributed by atoms with E-state index < -0.39 is 59.3 Å². The molecule has 2 aromatic carbocycles. The van der Waals surface area contributed by atoms with Crippen molar-refractivity contribution in [3.8, 4) is 17.2 Å². The van der Waals surface area contributed by atoms with Gasteiger partial charge in [-0.05, 0) is 76.9 Å². The fourth-order valence-corrected chi connectivity index (χ4v) is 5.06. The standard InChI is InChI=1S/C31H36N2O11/c1-14(2)7-8-16-13-17(9-11-19(16)34)27(37)33-21-22(35)18-10-12-20(15(3)24(18)42-28(21)38)41-29-23(36)25(43-30(32)39)26(40-6)31(4,5)44-29/h7,9-13,23,25-26,29,34-36H,8H2,1-6H3,(H2,32,39)(H,33,37)/t23-,25+,26-,29+/m1/s1. The summed E-state index contributed by atoms with van der Waals surface area (Å²) in [7, 11) is 1.37. The number of aromatic hydroxyl groups is 2. The van der Waals surface area contributed by atoms with Crippen LogP contribution >= 0.6 is 0 Å². The van der Waals surface area contributed by atoms with Gasteiger partial charge in [0.05, 0.1) is 11.0 Å². The maximum absolute atomic E-state index is 13.0. The number of methoxy groups -OCH3 is 1. The molecule has 0 unspecified atom stereocenters. The molecule has 236 valence electrons. The SMILES string of the molecule is CO[C@@H]1[C@@H](OC(N)=O)[C@@H](O)[C@@H](Oc2ccc3c(O)c(NC(=O)c4ccc(O)c(CC=C(C)C)c4)c(=O)oc3c2C)OC1(C)C. The van der Waals surface area contributed by atoms with Crippen LogP contribution in [0.1, 0.15) is 49.2 Å². The molecule has 4 rings (SSSR count). The summed E-state index contributed by atoms with van der Waals surface area (Å²) in [4.78, 5) is 37.5. The van der Waals surface area contributed by atoms with Crippen LogP contribution in [0.4, 0.5) is 10.5 Å². The predicted octanol–water partition coefficient (Wildman–Crippen LogP) is 3.63. The van der Waals surface area contributed by atoms with Gasteiger partial charge in [0.2, 0.25) is 6.29 Å². The molecule has 1 fully saturated rings. The number of hydrogen-bond donors (Lipinski definition) is 5. The van der Waals surface area contributed by atoms with Gasteiger partial charge in [-0.15, -0.1) is 0 Å². The van der Waals surface area contributed by atoms with E-state index in [9.17, 15) is 29.7 Å². The third-order valence-electron chi connectivity index (χ3n) is 7.33. The normalized spacial score (nSPS) is 21.0. The molecule has 1 aromatic heterocycles. The van der Waals surface area contributed by atoms with Gasteiger partial charge in [0.25, 0.3) is 5.91 Å². The second-order valence-corrected chi connectivity index (χ2v) is 11.2. The molecule has 2 heterocycles. The van der Waals surface area contributed by atoms with E-state index in [0.717, 1.165) is 5.57 Å². The highest BCUT2D eigenvalue weighted by Gasteiger charge is 2.53. The van der Waals surface area contributed by atoms with Crippen LogP contribution in [0.3, 0.4) is 0 Å². The quantitative estimate of drug-likeness (QED) is 0.184. The lowest BCUT2D eigenvalue weighted by molar-refractivity contribution is -0.304. The molecule has 1 saturated heterocycles. The molecule has 2 amide bonds. The zero-order chi connectivity index (χ0) is 32.5. The largest absolute Gasteiger partial charge is 0.508 e. The fraction of sp³-hybridized carbons (Fsp3) is 0.387. The van der Waals surface area contributed by atoms with Crippen LogP contribution in [-0.4, -0.2) is 64.6 Å². The summed E-state index contributed by atoms with van der Waals surface area (Å²) in [6.07, 6.45) is -3.81. The molecular formula is C31H36N2O11. The number of phenols is 1. The number of anilines is 1. The van der Waals surface area contributed by atoms with Gasteiger partial charge >= 0.3 is 11.7 Å². The number of allylic oxidation sites excluding steroid dienone is 2. The van der Waals surface area contributed by atoms with Gasteiger partial charge < -0.3 is 49.7 Å².